The summed E-state index contributed by atoms with van der Waals surface area (Å²) in [5.74, 6) is -1.66. The van der Waals surface area contributed by atoms with Gasteiger partial charge in [0.15, 0.2) is 0 Å². The van der Waals surface area contributed by atoms with Crippen molar-refractivity contribution in [3.05, 3.63) is 35.4 Å². The van der Waals surface area contributed by atoms with E-state index in [2.05, 4.69) is 0 Å². The first kappa shape index (κ1) is 13.6. The van der Waals surface area contributed by atoms with E-state index < -0.39 is 17.2 Å². The van der Waals surface area contributed by atoms with E-state index in [1.807, 2.05) is 31.2 Å². The SMILES string of the molecule is Cc1ccc(CSC(CC(=O)O)C(=O)O)cc1. The monoisotopic (exact) mass is 254 g/mol. The minimum Gasteiger partial charge on any atom is -0.481 e. The Hall–Kier alpha value is -1.49. The van der Waals surface area contributed by atoms with Gasteiger partial charge < -0.3 is 10.2 Å². The van der Waals surface area contributed by atoms with Crippen LogP contribution < -0.4 is 0 Å². The molecule has 0 aliphatic rings. The third kappa shape index (κ3) is 4.91. The molecule has 1 rings (SSSR count). The van der Waals surface area contributed by atoms with Crippen LogP contribution in [0.4, 0.5) is 0 Å². The Morgan fingerprint density at radius 3 is 2.29 bits per heavy atom. The van der Waals surface area contributed by atoms with Crippen LogP contribution in [0.25, 0.3) is 0 Å². The predicted molar refractivity (Wildman–Crippen MR) is 66.2 cm³/mol. The molecular weight excluding hydrogens is 240 g/mol. The second-order valence-electron chi connectivity index (χ2n) is 3.72. The summed E-state index contributed by atoms with van der Waals surface area (Å²) in [5, 5.41) is 16.6. The van der Waals surface area contributed by atoms with Crippen LogP contribution in [0.15, 0.2) is 24.3 Å². The summed E-state index contributed by atoms with van der Waals surface area (Å²) in [5.41, 5.74) is 2.14. The number of hydrogen-bond acceptors (Lipinski definition) is 3. The van der Waals surface area contributed by atoms with Gasteiger partial charge in [-0.3, -0.25) is 9.59 Å². The van der Waals surface area contributed by atoms with Gasteiger partial charge in [0.25, 0.3) is 0 Å². The molecule has 0 saturated carbocycles. The van der Waals surface area contributed by atoms with Gasteiger partial charge in [-0.2, -0.15) is 0 Å². The molecule has 0 aromatic heterocycles. The normalized spacial score (nSPS) is 12.1. The van der Waals surface area contributed by atoms with E-state index in [0.29, 0.717) is 5.75 Å². The van der Waals surface area contributed by atoms with Crippen molar-refractivity contribution in [3.63, 3.8) is 0 Å². The first-order valence-corrected chi connectivity index (χ1v) is 6.15. The number of aliphatic carboxylic acids is 2. The van der Waals surface area contributed by atoms with E-state index in [4.69, 9.17) is 10.2 Å². The molecule has 0 radical (unpaired) electrons. The highest BCUT2D eigenvalue weighted by atomic mass is 32.2. The van der Waals surface area contributed by atoms with Crippen molar-refractivity contribution >= 4 is 23.7 Å². The van der Waals surface area contributed by atoms with Crippen LogP contribution in [-0.2, 0) is 15.3 Å². The zero-order valence-corrected chi connectivity index (χ0v) is 10.2. The second kappa shape index (κ2) is 6.30. The van der Waals surface area contributed by atoms with Crippen molar-refractivity contribution in [2.75, 3.05) is 0 Å². The maximum atomic E-state index is 10.8. The van der Waals surface area contributed by atoms with E-state index in [9.17, 15) is 9.59 Å². The van der Waals surface area contributed by atoms with Gasteiger partial charge in [0.1, 0.15) is 5.25 Å². The molecule has 1 unspecified atom stereocenters. The summed E-state index contributed by atoms with van der Waals surface area (Å²) in [6, 6.07) is 7.73. The number of aryl methyl sites for hydroxylation is 1. The quantitative estimate of drug-likeness (QED) is 0.813. The number of benzene rings is 1. The molecule has 17 heavy (non-hydrogen) atoms. The Morgan fingerprint density at radius 1 is 1.24 bits per heavy atom. The lowest BCUT2D eigenvalue weighted by Gasteiger charge is -2.09. The Kier molecular flexibility index (Phi) is 5.03. The van der Waals surface area contributed by atoms with Gasteiger partial charge in [-0.25, -0.2) is 0 Å². The Balaban J connectivity index is 2.54. The molecule has 0 amide bonds. The van der Waals surface area contributed by atoms with Crippen LogP contribution >= 0.6 is 11.8 Å². The average molecular weight is 254 g/mol. The minimum absolute atomic E-state index is 0.355. The molecule has 0 heterocycles. The van der Waals surface area contributed by atoms with Crippen molar-refractivity contribution in [1.82, 2.24) is 0 Å². The zero-order chi connectivity index (χ0) is 12.8. The number of carboxylic acids is 2. The van der Waals surface area contributed by atoms with E-state index in [0.717, 1.165) is 22.9 Å². The molecule has 2 N–H and O–H groups in total. The number of hydrogen-bond donors (Lipinski definition) is 2. The third-order valence-electron chi connectivity index (χ3n) is 2.21. The first-order chi connectivity index (χ1) is 7.99. The van der Waals surface area contributed by atoms with Gasteiger partial charge in [-0.1, -0.05) is 29.8 Å². The van der Waals surface area contributed by atoms with Crippen molar-refractivity contribution in [1.29, 1.82) is 0 Å². The van der Waals surface area contributed by atoms with Gasteiger partial charge in [0, 0.05) is 5.75 Å². The van der Waals surface area contributed by atoms with Gasteiger partial charge in [0.05, 0.1) is 6.42 Å². The third-order valence-corrected chi connectivity index (χ3v) is 3.48. The molecule has 1 aromatic carbocycles. The zero-order valence-electron chi connectivity index (χ0n) is 9.42. The molecule has 5 heteroatoms. The number of carboxylic acid groups (broad SMARTS) is 2. The average Bonchev–Trinajstić information content (AvgIpc) is 2.25. The molecule has 92 valence electrons. The molecule has 0 aliphatic carbocycles. The van der Waals surface area contributed by atoms with Crippen molar-refractivity contribution < 1.29 is 19.8 Å². The number of rotatable bonds is 6. The van der Waals surface area contributed by atoms with E-state index in [-0.39, 0.29) is 6.42 Å². The van der Waals surface area contributed by atoms with Gasteiger partial charge in [-0.05, 0) is 12.5 Å². The smallest absolute Gasteiger partial charge is 0.317 e. The topological polar surface area (TPSA) is 74.6 Å². The molecule has 4 nitrogen and oxygen atoms in total. The summed E-state index contributed by atoms with van der Waals surface area (Å²) in [6.45, 7) is 1.97. The largest absolute Gasteiger partial charge is 0.481 e. The lowest BCUT2D eigenvalue weighted by atomic mass is 10.2. The summed E-state index contributed by atoms with van der Waals surface area (Å²) >= 11 is 1.14. The number of thioether (sulfide) groups is 1. The second-order valence-corrected chi connectivity index (χ2v) is 4.91. The van der Waals surface area contributed by atoms with Crippen LogP contribution in [0.2, 0.25) is 0 Å². The van der Waals surface area contributed by atoms with Gasteiger partial charge in [0.2, 0.25) is 0 Å². The van der Waals surface area contributed by atoms with Crippen LogP contribution in [-0.4, -0.2) is 27.4 Å². The van der Waals surface area contributed by atoms with Gasteiger partial charge >= 0.3 is 11.9 Å². The highest BCUT2D eigenvalue weighted by molar-refractivity contribution is 7.99. The standard InChI is InChI=1S/C12H14O4S/c1-8-2-4-9(5-3-8)7-17-10(12(15)16)6-11(13)14/h2-5,10H,6-7H2,1H3,(H,13,14)(H,15,16). The molecule has 1 aromatic rings. The fourth-order valence-electron chi connectivity index (χ4n) is 1.26. The Bertz CT molecular complexity index is 399. The van der Waals surface area contributed by atoms with E-state index in [1.54, 1.807) is 0 Å². The Labute approximate surface area is 104 Å². The highest BCUT2D eigenvalue weighted by Gasteiger charge is 2.21. The fourth-order valence-corrected chi connectivity index (χ4v) is 2.25. The number of carbonyl (C=O) groups is 2. The molecule has 0 aliphatic heterocycles. The molecule has 1 atom stereocenters. The molecule has 0 spiro atoms. The van der Waals surface area contributed by atoms with Crippen LogP contribution in [0, 0.1) is 6.92 Å². The van der Waals surface area contributed by atoms with Crippen molar-refractivity contribution in [3.8, 4) is 0 Å². The maximum absolute atomic E-state index is 10.8. The predicted octanol–water partition coefficient (Wildman–Crippen LogP) is 2.16. The summed E-state index contributed by atoms with van der Waals surface area (Å²) < 4.78 is 0. The maximum Gasteiger partial charge on any atom is 0.317 e. The highest BCUT2D eigenvalue weighted by Crippen LogP contribution is 2.21. The van der Waals surface area contributed by atoms with Crippen LogP contribution in [0.3, 0.4) is 0 Å². The van der Waals surface area contributed by atoms with Crippen LogP contribution in [0.5, 0.6) is 0 Å². The van der Waals surface area contributed by atoms with Crippen molar-refractivity contribution in [2.24, 2.45) is 0 Å². The molecular formula is C12H14O4S. The first-order valence-electron chi connectivity index (χ1n) is 5.11. The molecule has 0 fully saturated rings. The fraction of sp³-hybridized carbons (Fsp3) is 0.333. The van der Waals surface area contributed by atoms with E-state index in [1.165, 1.54) is 0 Å². The van der Waals surface area contributed by atoms with E-state index >= 15 is 0 Å². The summed E-state index contributed by atoms with van der Waals surface area (Å²) in [6.07, 6.45) is -0.355. The summed E-state index contributed by atoms with van der Waals surface area (Å²) in [4.78, 5) is 21.3. The van der Waals surface area contributed by atoms with Crippen LogP contribution in [0.1, 0.15) is 17.5 Å². The van der Waals surface area contributed by atoms with Gasteiger partial charge in [-0.15, -0.1) is 11.8 Å². The molecule has 0 bridgehead atoms. The lowest BCUT2D eigenvalue weighted by Crippen LogP contribution is -2.20. The minimum atomic E-state index is -1.09. The Morgan fingerprint density at radius 2 is 1.82 bits per heavy atom. The molecule has 0 saturated heterocycles. The van der Waals surface area contributed by atoms with Crippen molar-refractivity contribution in [2.45, 2.75) is 24.3 Å². The summed E-state index contributed by atoms with van der Waals surface area (Å²) in [7, 11) is 0. The lowest BCUT2D eigenvalue weighted by molar-refractivity contribution is -0.142.